The van der Waals surface area contributed by atoms with E-state index in [1.807, 2.05) is 37.3 Å². The zero-order chi connectivity index (χ0) is 20.5. The third kappa shape index (κ3) is 4.00. The minimum absolute atomic E-state index is 0.153. The van der Waals surface area contributed by atoms with Gasteiger partial charge >= 0.3 is 10.2 Å². The Morgan fingerprint density at radius 3 is 2.46 bits per heavy atom. The van der Waals surface area contributed by atoms with Gasteiger partial charge in [-0.2, -0.15) is 12.7 Å². The van der Waals surface area contributed by atoms with Gasteiger partial charge in [0, 0.05) is 31.0 Å². The first-order chi connectivity index (χ1) is 13.2. The number of nitrogens with one attached hydrogen (secondary N) is 1. The van der Waals surface area contributed by atoms with E-state index in [1.165, 1.54) is 7.05 Å². The predicted molar refractivity (Wildman–Crippen MR) is 104 cm³/mol. The van der Waals surface area contributed by atoms with Gasteiger partial charge < -0.3 is 4.52 Å². The van der Waals surface area contributed by atoms with E-state index in [4.69, 9.17) is 4.52 Å². The summed E-state index contributed by atoms with van der Waals surface area (Å²) in [5.41, 5.74) is 2.40. The van der Waals surface area contributed by atoms with Gasteiger partial charge in [0.05, 0.1) is 5.56 Å². The molecular weight excluding hydrogens is 380 g/mol. The van der Waals surface area contributed by atoms with Crippen molar-refractivity contribution in [3.63, 3.8) is 0 Å². The van der Waals surface area contributed by atoms with Crippen molar-refractivity contribution in [3.05, 3.63) is 70.7 Å². The Labute approximate surface area is 163 Å². The molecule has 0 fully saturated rings. The molecule has 8 nitrogen and oxygen atoms in total. The highest BCUT2D eigenvalue weighted by atomic mass is 32.2. The highest BCUT2D eigenvalue weighted by molar-refractivity contribution is 7.87. The zero-order valence-corrected chi connectivity index (χ0v) is 16.9. The Kier molecular flexibility index (Phi) is 5.39. The summed E-state index contributed by atoms with van der Waals surface area (Å²) in [6.07, 6.45) is 0. The van der Waals surface area contributed by atoms with Gasteiger partial charge in [-0.25, -0.2) is 4.72 Å². The van der Waals surface area contributed by atoms with E-state index in [0.29, 0.717) is 17.3 Å². The summed E-state index contributed by atoms with van der Waals surface area (Å²) in [7, 11) is -2.58. The lowest BCUT2D eigenvalue weighted by molar-refractivity contribution is 0.0978. The minimum Gasteiger partial charge on any atom is -0.360 e. The van der Waals surface area contributed by atoms with E-state index in [2.05, 4.69) is 9.88 Å². The zero-order valence-electron chi connectivity index (χ0n) is 16.1. The molecule has 0 atom stereocenters. The quantitative estimate of drug-likeness (QED) is 0.683. The van der Waals surface area contributed by atoms with Crippen LogP contribution in [0, 0.1) is 20.8 Å². The van der Waals surface area contributed by atoms with Crippen LogP contribution in [0.2, 0.25) is 0 Å². The normalized spacial score (nSPS) is 11.8. The van der Waals surface area contributed by atoms with Gasteiger partial charge in [0.25, 0.3) is 5.91 Å². The van der Waals surface area contributed by atoms with E-state index in [9.17, 15) is 13.2 Å². The molecule has 3 aromatic rings. The third-order valence-electron chi connectivity index (χ3n) is 4.40. The number of carbonyl (C=O) groups is 1. The SMILES string of the molecule is Cc1cc(-n2c(C)cc(C(=O)NS(=O)(=O)N(C)Cc3ccccc3)c2C)no1. The summed E-state index contributed by atoms with van der Waals surface area (Å²) in [5.74, 6) is 0.480. The predicted octanol–water partition coefficient (Wildman–Crippen LogP) is 2.50. The van der Waals surface area contributed by atoms with Crippen LogP contribution in [-0.2, 0) is 16.8 Å². The van der Waals surface area contributed by atoms with E-state index < -0.39 is 16.1 Å². The smallest absolute Gasteiger partial charge is 0.304 e. The first-order valence-electron chi connectivity index (χ1n) is 8.64. The number of aryl methyl sites for hydroxylation is 2. The van der Waals surface area contributed by atoms with Gasteiger partial charge in [-0.1, -0.05) is 35.5 Å². The lowest BCUT2D eigenvalue weighted by Gasteiger charge is -2.17. The highest BCUT2D eigenvalue weighted by Gasteiger charge is 2.25. The van der Waals surface area contributed by atoms with Crippen molar-refractivity contribution in [1.29, 1.82) is 0 Å². The molecule has 148 valence electrons. The standard InChI is InChI=1S/C19H22N4O4S/c1-13-10-17(15(3)23(13)18-11-14(2)27-20-18)19(24)21-28(25,26)22(4)12-16-8-6-5-7-9-16/h5-11H,12H2,1-4H3,(H,21,24). The molecule has 0 aliphatic rings. The number of nitrogens with zero attached hydrogens (tertiary/aromatic N) is 3. The Hall–Kier alpha value is -2.91. The maximum absolute atomic E-state index is 12.7. The van der Waals surface area contributed by atoms with Crippen LogP contribution in [0.1, 0.15) is 33.1 Å². The molecular formula is C19H22N4O4S. The number of amides is 1. The second kappa shape index (κ2) is 7.61. The van der Waals surface area contributed by atoms with E-state index in [-0.39, 0.29) is 12.1 Å². The van der Waals surface area contributed by atoms with E-state index >= 15 is 0 Å². The van der Waals surface area contributed by atoms with Crippen molar-refractivity contribution in [2.75, 3.05) is 7.05 Å². The van der Waals surface area contributed by atoms with Gasteiger partial charge in [0.2, 0.25) is 0 Å². The van der Waals surface area contributed by atoms with Crippen LogP contribution in [0.5, 0.6) is 0 Å². The Bertz CT molecular complexity index is 1100. The van der Waals surface area contributed by atoms with Gasteiger partial charge in [-0.15, -0.1) is 0 Å². The lowest BCUT2D eigenvalue weighted by Crippen LogP contribution is -2.41. The average molecular weight is 402 g/mol. The molecule has 2 aromatic heterocycles. The van der Waals surface area contributed by atoms with Crippen molar-refractivity contribution in [1.82, 2.24) is 18.8 Å². The van der Waals surface area contributed by atoms with Crippen LogP contribution in [0.4, 0.5) is 0 Å². The Morgan fingerprint density at radius 1 is 1.18 bits per heavy atom. The number of hydrogen-bond donors (Lipinski definition) is 1. The molecule has 9 heteroatoms. The molecule has 0 saturated heterocycles. The summed E-state index contributed by atoms with van der Waals surface area (Å²) in [6.45, 7) is 5.46. The van der Waals surface area contributed by atoms with Gasteiger partial charge in [-0.3, -0.25) is 9.36 Å². The summed E-state index contributed by atoms with van der Waals surface area (Å²) in [4.78, 5) is 12.7. The topological polar surface area (TPSA) is 97.4 Å². The number of benzene rings is 1. The van der Waals surface area contributed by atoms with Gasteiger partial charge in [0.1, 0.15) is 5.76 Å². The van der Waals surface area contributed by atoms with Crippen LogP contribution in [0.3, 0.4) is 0 Å². The van der Waals surface area contributed by atoms with Crippen LogP contribution in [0.15, 0.2) is 47.0 Å². The van der Waals surface area contributed by atoms with Gasteiger partial charge in [-0.05, 0) is 32.4 Å². The highest BCUT2D eigenvalue weighted by Crippen LogP contribution is 2.21. The molecule has 3 rings (SSSR count). The minimum atomic E-state index is -4.00. The van der Waals surface area contributed by atoms with Crippen LogP contribution in [0.25, 0.3) is 5.82 Å². The molecule has 0 saturated carbocycles. The third-order valence-corrected chi connectivity index (χ3v) is 5.79. The molecule has 1 N–H and O–H groups in total. The average Bonchev–Trinajstić information content (AvgIpc) is 3.18. The maximum Gasteiger partial charge on any atom is 0.304 e. The number of rotatable bonds is 6. The summed E-state index contributed by atoms with van der Waals surface area (Å²) >= 11 is 0. The Balaban J connectivity index is 1.81. The molecule has 0 aliphatic heterocycles. The molecule has 0 spiro atoms. The van der Waals surface area contributed by atoms with Gasteiger partial charge in [0.15, 0.2) is 5.82 Å². The monoisotopic (exact) mass is 402 g/mol. The fourth-order valence-corrected chi connectivity index (χ4v) is 3.80. The lowest BCUT2D eigenvalue weighted by atomic mass is 10.2. The largest absolute Gasteiger partial charge is 0.360 e. The maximum atomic E-state index is 12.7. The van der Waals surface area contributed by atoms with Crippen LogP contribution >= 0.6 is 0 Å². The molecule has 1 aromatic carbocycles. The summed E-state index contributed by atoms with van der Waals surface area (Å²) in [6, 6.07) is 12.5. The van der Waals surface area contributed by atoms with Crippen molar-refractivity contribution >= 4 is 16.1 Å². The molecule has 0 bridgehead atoms. The second-order valence-electron chi connectivity index (χ2n) is 6.59. The first kappa shape index (κ1) is 19.8. The molecule has 0 aliphatic carbocycles. The molecule has 28 heavy (non-hydrogen) atoms. The van der Waals surface area contributed by atoms with Crippen molar-refractivity contribution in [2.24, 2.45) is 0 Å². The first-order valence-corrected chi connectivity index (χ1v) is 10.1. The molecule has 0 unspecified atom stereocenters. The molecule has 1 amide bonds. The van der Waals surface area contributed by atoms with Crippen LogP contribution < -0.4 is 4.72 Å². The molecule has 2 heterocycles. The Morgan fingerprint density at radius 2 is 1.86 bits per heavy atom. The molecule has 0 radical (unpaired) electrons. The fourth-order valence-electron chi connectivity index (χ4n) is 2.98. The van der Waals surface area contributed by atoms with Crippen molar-refractivity contribution < 1.29 is 17.7 Å². The fraction of sp³-hybridized carbons (Fsp3) is 0.263. The van der Waals surface area contributed by atoms with Crippen LogP contribution in [-0.4, -0.2) is 35.4 Å². The summed E-state index contributed by atoms with van der Waals surface area (Å²) < 4.78 is 35.2. The summed E-state index contributed by atoms with van der Waals surface area (Å²) in [5, 5.41) is 3.96. The van der Waals surface area contributed by atoms with Crippen molar-refractivity contribution in [2.45, 2.75) is 27.3 Å². The second-order valence-corrected chi connectivity index (χ2v) is 8.37. The number of carbonyl (C=O) groups excluding carboxylic acids is 1. The number of hydrogen-bond acceptors (Lipinski definition) is 5. The van der Waals surface area contributed by atoms with Crippen molar-refractivity contribution in [3.8, 4) is 5.82 Å². The van der Waals surface area contributed by atoms with E-state index in [1.54, 1.807) is 30.5 Å². The number of aromatic nitrogens is 2. The van der Waals surface area contributed by atoms with E-state index in [0.717, 1.165) is 15.6 Å².